The van der Waals surface area contributed by atoms with E-state index in [1.807, 2.05) is 0 Å². The highest BCUT2D eigenvalue weighted by atomic mass is 79.9. The van der Waals surface area contributed by atoms with Gasteiger partial charge in [-0.25, -0.2) is 8.42 Å². The molecule has 2 rings (SSSR count). The number of phenolic OH excluding ortho intramolecular Hbond substituents is 1. The van der Waals surface area contributed by atoms with E-state index in [2.05, 4.69) is 15.9 Å². The molecule has 0 bridgehead atoms. The molecule has 1 aromatic heterocycles. The van der Waals surface area contributed by atoms with E-state index in [1.165, 1.54) is 27.8 Å². The molecular weight excluding hydrogens is 362 g/mol. The number of rotatable bonds is 4. The molecule has 0 saturated carbocycles. The maximum atomic E-state index is 12.7. The van der Waals surface area contributed by atoms with Gasteiger partial charge in [-0.2, -0.15) is 0 Å². The maximum Gasteiger partial charge on any atom is 0.265 e. The van der Waals surface area contributed by atoms with Crippen LogP contribution in [0.3, 0.4) is 0 Å². The first-order valence-electron chi connectivity index (χ1n) is 5.94. The average Bonchev–Trinajstić information content (AvgIpc) is 2.70. The van der Waals surface area contributed by atoms with Crippen molar-refractivity contribution in [1.82, 2.24) is 0 Å². The standard InChI is InChI=1S/C13H14BrNO3S2/c1-3-15(10-5-4-6-11(16)7-10)20(17,18)12-8-13(14)19-9(12)2/h4-8,16H,3H2,1-2H3. The minimum absolute atomic E-state index is 0.0411. The van der Waals surface area contributed by atoms with Crippen molar-refractivity contribution < 1.29 is 13.5 Å². The molecule has 0 amide bonds. The van der Waals surface area contributed by atoms with Crippen molar-refractivity contribution in [3.63, 3.8) is 0 Å². The maximum absolute atomic E-state index is 12.7. The molecule has 0 aliphatic carbocycles. The zero-order valence-electron chi connectivity index (χ0n) is 11.0. The number of thiophene rings is 1. The summed E-state index contributed by atoms with van der Waals surface area (Å²) in [5.41, 5.74) is 0.453. The molecule has 0 fully saturated rings. The lowest BCUT2D eigenvalue weighted by Crippen LogP contribution is -2.30. The Morgan fingerprint density at radius 1 is 1.35 bits per heavy atom. The van der Waals surface area contributed by atoms with E-state index >= 15 is 0 Å². The van der Waals surface area contributed by atoms with Crippen molar-refractivity contribution in [3.05, 3.63) is 39.0 Å². The molecule has 0 aliphatic rings. The highest BCUT2D eigenvalue weighted by Gasteiger charge is 2.27. The molecule has 1 N–H and O–H groups in total. The summed E-state index contributed by atoms with van der Waals surface area (Å²) in [6.45, 7) is 3.83. The van der Waals surface area contributed by atoms with Gasteiger partial charge in [0, 0.05) is 17.5 Å². The number of hydrogen-bond donors (Lipinski definition) is 1. The van der Waals surface area contributed by atoms with E-state index in [-0.39, 0.29) is 5.75 Å². The topological polar surface area (TPSA) is 57.6 Å². The molecule has 0 radical (unpaired) electrons. The number of nitrogens with zero attached hydrogens (tertiary/aromatic N) is 1. The third-order valence-electron chi connectivity index (χ3n) is 2.82. The van der Waals surface area contributed by atoms with Crippen LogP contribution < -0.4 is 4.31 Å². The van der Waals surface area contributed by atoms with Crippen molar-refractivity contribution in [2.24, 2.45) is 0 Å². The van der Waals surface area contributed by atoms with Gasteiger partial charge < -0.3 is 5.11 Å². The Morgan fingerprint density at radius 2 is 2.05 bits per heavy atom. The summed E-state index contributed by atoms with van der Waals surface area (Å²) >= 11 is 4.69. The minimum atomic E-state index is -3.63. The van der Waals surface area contributed by atoms with Crippen molar-refractivity contribution in [2.75, 3.05) is 10.8 Å². The highest BCUT2D eigenvalue weighted by Crippen LogP contribution is 2.33. The number of sulfonamides is 1. The number of aromatic hydroxyl groups is 1. The Morgan fingerprint density at radius 3 is 2.55 bits per heavy atom. The van der Waals surface area contributed by atoms with Gasteiger partial charge >= 0.3 is 0 Å². The second-order valence-corrected chi connectivity index (χ2v) is 8.63. The largest absolute Gasteiger partial charge is 0.508 e. The predicted molar refractivity (Wildman–Crippen MR) is 85.1 cm³/mol. The normalized spacial score (nSPS) is 11.6. The fourth-order valence-electron chi connectivity index (χ4n) is 1.94. The molecule has 0 atom stereocenters. The van der Waals surface area contributed by atoms with Crippen LogP contribution in [0.4, 0.5) is 5.69 Å². The summed E-state index contributed by atoms with van der Waals surface area (Å²) in [7, 11) is -3.63. The third kappa shape index (κ3) is 2.84. The van der Waals surface area contributed by atoms with Crippen LogP contribution >= 0.6 is 27.3 Å². The summed E-state index contributed by atoms with van der Waals surface area (Å²) in [5.74, 6) is 0.0411. The Kier molecular flexibility index (Phi) is 4.41. The van der Waals surface area contributed by atoms with Crippen LogP contribution in [0.2, 0.25) is 0 Å². The lowest BCUT2D eigenvalue weighted by molar-refractivity contribution is 0.475. The van der Waals surface area contributed by atoms with Crippen LogP contribution in [0.15, 0.2) is 39.0 Å². The highest BCUT2D eigenvalue weighted by molar-refractivity contribution is 9.11. The molecule has 0 unspecified atom stereocenters. The van der Waals surface area contributed by atoms with Crippen molar-refractivity contribution in [3.8, 4) is 5.75 Å². The Hall–Kier alpha value is -1.05. The molecule has 0 spiro atoms. The number of benzene rings is 1. The van der Waals surface area contributed by atoms with Crippen LogP contribution in [0.25, 0.3) is 0 Å². The van der Waals surface area contributed by atoms with Gasteiger partial charge in [-0.15, -0.1) is 11.3 Å². The fourth-order valence-corrected chi connectivity index (χ4v) is 5.80. The summed E-state index contributed by atoms with van der Waals surface area (Å²) < 4.78 is 27.5. The van der Waals surface area contributed by atoms with E-state index in [0.717, 1.165) is 8.66 Å². The second kappa shape index (κ2) is 5.75. The van der Waals surface area contributed by atoms with Crippen LogP contribution in [0.5, 0.6) is 5.75 Å². The second-order valence-electron chi connectivity index (χ2n) is 4.16. The van der Waals surface area contributed by atoms with Gasteiger partial charge in [-0.3, -0.25) is 4.31 Å². The van der Waals surface area contributed by atoms with E-state index in [1.54, 1.807) is 32.0 Å². The smallest absolute Gasteiger partial charge is 0.265 e. The van der Waals surface area contributed by atoms with Gasteiger partial charge in [-0.1, -0.05) is 6.07 Å². The van der Waals surface area contributed by atoms with Gasteiger partial charge in [0.25, 0.3) is 10.0 Å². The molecule has 108 valence electrons. The molecule has 1 heterocycles. The average molecular weight is 376 g/mol. The molecular formula is C13H14BrNO3S2. The van der Waals surface area contributed by atoms with Crippen LogP contribution in [0, 0.1) is 6.92 Å². The van der Waals surface area contributed by atoms with E-state index in [9.17, 15) is 13.5 Å². The molecule has 1 aromatic carbocycles. The number of aryl methyl sites for hydroxylation is 1. The van der Waals surface area contributed by atoms with Crippen molar-refractivity contribution in [2.45, 2.75) is 18.7 Å². The molecule has 4 nitrogen and oxygen atoms in total. The van der Waals surface area contributed by atoms with E-state index in [4.69, 9.17) is 0 Å². The number of halogens is 1. The van der Waals surface area contributed by atoms with Crippen LogP contribution in [-0.2, 0) is 10.0 Å². The third-order valence-corrected chi connectivity index (χ3v) is 6.53. The van der Waals surface area contributed by atoms with Gasteiger partial charge in [0.2, 0.25) is 0 Å². The van der Waals surface area contributed by atoms with E-state index < -0.39 is 10.0 Å². The zero-order valence-corrected chi connectivity index (χ0v) is 14.2. The van der Waals surface area contributed by atoms with Crippen LogP contribution in [-0.4, -0.2) is 20.1 Å². The summed E-state index contributed by atoms with van der Waals surface area (Å²) in [4.78, 5) is 1.02. The van der Waals surface area contributed by atoms with Gasteiger partial charge in [0.15, 0.2) is 0 Å². The van der Waals surface area contributed by atoms with Crippen LogP contribution in [0.1, 0.15) is 11.8 Å². The predicted octanol–water partition coefficient (Wildman–Crippen LogP) is 3.74. The van der Waals surface area contributed by atoms with E-state index in [0.29, 0.717) is 17.1 Å². The molecule has 2 aromatic rings. The molecule has 7 heteroatoms. The summed E-state index contributed by atoms with van der Waals surface area (Å²) in [6, 6.07) is 7.85. The van der Waals surface area contributed by atoms with Gasteiger partial charge in [0.1, 0.15) is 10.6 Å². The monoisotopic (exact) mass is 375 g/mol. The Balaban J connectivity index is 2.53. The quantitative estimate of drug-likeness (QED) is 0.885. The first kappa shape index (κ1) is 15.3. The summed E-state index contributed by atoms with van der Waals surface area (Å²) in [5, 5.41) is 9.53. The first-order valence-corrected chi connectivity index (χ1v) is 8.99. The van der Waals surface area contributed by atoms with Gasteiger partial charge in [0.05, 0.1) is 9.47 Å². The number of hydrogen-bond acceptors (Lipinski definition) is 4. The number of phenols is 1. The number of anilines is 1. The Labute approximate surface area is 130 Å². The fraction of sp³-hybridized carbons (Fsp3) is 0.231. The first-order chi connectivity index (χ1) is 9.36. The lowest BCUT2D eigenvalue weighted by atomic mass is 10.3. The molecule has 0 saturated heterocycles. The summed E-state index contributed by atoms with van der Waals surface area (Å²) in [6.07, 6.45) is 0. The lowest BCUT2D eigenvalue weighted by Gasteiger charge is -2.22. The SMILES string of the molecule is CCN(c1cccc(O)c1)S(=O)(=O)c1cc(Br)sc1C. The van der Waals surface area contributed by atoms with Crippen molar-refractivity contribution in [1.29, 1.82) is 0 Å². The molecule has 20 heavy (non-hydrogen) atoms. The zero-order chi connectivity index (χ0) is 14.9. The Bertz CT molecular complexity index is 725. The van der Waals surface area contributed by atoms with Crippen molar-refractivity contribution >= 4 is 43.0 Å². The van der Waals surface area contributed by atoms with Gasteiger partial charge in [-0.05, 0) is 48.0 Å². The molecule has 0 aliphatic heterocycles. The minimum Gasteiger partial charge on any atom is -0.508 e.